The molecule has 0 saturated heterocycles. The predicted octanol–water partition coefficient (Wildman–Crippen LogP) is -1.38. The van der Waals surface area contributed by atoms with Gasteiger partial charge in [0.15, 0.2) is 0 Å². The van der Waals surface area contributed by atoms with E-state index in [-0.39, 0.29) is 6.61 Å². The minimum Gasteiger partial charge on any atom is -0.462 e. The van der Waals surface area contributed by atoms with Crippen LogP contribution in [0.1, 0.15) is 6.92 Å². The third-order valence-electron chi connectivity index (χ3n) is 1.22. The number of esters is 1. The SMILES string of the molecule is C=C(C)C(=O)OCC[SiH](O)O[SiH3]. The van der Waals surface area contributed by atoms with Crippen LogP contribution in [0.5, 0.6) is 0 Å². The zero-order chi connectivity index (χ0) is 9.56. The number of rotatable bonds is 5. The fourth-order valence-electron chi connectivity index (χ4n) is 0.493. The molecular formula is C6H14O4Si2. The molecule has 70 valence electrons. The van der Waals surface area contributed by atoms with Crippen molar-refractivity contribution in [3.05, 3.63) is 12.2 Å². The molecule has 0 aliphatic rings. The van der Waals surface area contributed by atoms with Gasteiger partial charge in [0.05, 0.1) is 6.61 Å². The summed E-state index contributed by atoms with van der Waals surface area (Å²) in [7, 11) is -1.48. The summed E-state index contributed by atoms with van der Waals surface area (Å²) in [5.41, 5.74) is 0.373. The molecule has 0 aromatic heterocycles. The smallest absolute Gasteiger partial charge is 0.333 e. The third-order valence-corrected chi connectivity index (χ3v) is 4.12. The van der Waals surface area contributed by atoms with E-state index in [0.717, 1.165) is 0 Å². The molecule has 0 aromatic rings. The summed E-state index contributed by atoms with van der Waals surface area (Å²) in [5, 5.41) is 0. The fraction of sp³-hybridized carbons (Fsp3) is 0.500. The fourth-order valence-corrected chi connectivity index (χ4v) is 1.76. The maximum Gasteiger partial charge on any atom is 0.333 e. The lowest BCUT2D eigenvalue weighted by molar-refractivity contribution is -0.138. The van der Waals surface area contributed by atoms with Gasteiger partial charge in [0, 0.05) is 11.6 Å². The van der Waals surface area contributed by atoms with E-state index in [0.29, 0.717) is 22.1 Å². The average molecular weight is 206 g/mol. The number of hydrogen-bond acceptors (Lipinski definition) is 4. The van der Waals surface area contributed by atoms with Gasteiger partial charge in [0.25, 0.3) is 0 Å². The zero-order valence-electron chi connectivity index (χ0n) is 7.37. The molecule has 6 heteroatoms. The van der Waals surface area contributed by atoms with Crippen molar-refractivity contribution in [2.24, 2.45) is 0 Å². The molecule has 0 rings (SSSR count). The first-order valence-corrected chi connectivity index (χ1v) is 6.23. The molecule has 0 radical (unpaired) electrons. The minimum absolute atomic E-state index is 0.224. The Morgan fingerprint density at radius 2 is 2.33 bits per heavy atom. The van der Waals surface area contributed by atoms with Crippen LogP contribution in [-0.2, 0) is 13.6 Å². The summed E-state index contributed by atoms with van der Waals surface area (Å²) < 4.78 is 9.56. The second kappa shape index (κ2) is 6.12. The molecule has 0 aliphatic carbocycles. The predicted molar refractivity (Wildman–Crippen MR) is 51.0 cm³/mol. The molecule has 1 atom stereocenters. The second-order valence-electron chi connectivity index (χ2n) is 2.40. The van der Waals surface area contributed by atoms with E-state index in [1.165, 1.54) is 0 Å². The van der Waals surface area contributed by atoms with Crippen molar-refractivity contribution in [2.75, 3.05) is 6.61 Å². The van der Waals surface area contributed by atoms with Crippen LogP contribution in [0.25, 0.3) is 0 Å². The van der Waals surface area contributed by atoms with Crippen molar-refractivity contribution >= 4 is 25.7 Å². The molecule has 12 heavy (non-hydrogen) atoms. The van der Waals surface area contributed by atoms with E-state index < -0.39 is 15.3 Å². The van der Waals surface area contributed by atoms with Gasteiger partial charge in [-0.15, -0.1) is 0 Å². The Morgan fingerprint density at radius 1 is 1.75 bits per heavy atom. The molecular weight excluding hydrogens is 192 g/mol. The van der Waals surface area contributed by atoms with Crippen molar-refractivity contribution in [2.45, 2.75) is 13.0 Å². The van der Waals surface area contributed by atoms with E-state index in [9.17, 15) is 4.79 Å². The van der Waals surface area contributed by atoms with Gasteiger partial charge >= 0.3 is 15.3 Å². The minimum atomic E-state index is -2.02. The normalized spacial score (nSPS) is 12.5. The van der Waals surface area contributed by atoms with Gasteiger partial charge in [0.2, 0.25) is 0 Å². The average Bonchev–Trinajstić information content (AvgIpc) is 2.03. The Labute approximate surface area is 76.6 Å². The highest BCUT2D eigenvalue weighted by molar-refractivity contribution is 6.47. The van der Waals surface area contributed by atoms with E-state index in [1.54, 1.807) is 6.92 Å². The third kappa shape index (κ3) is 5.25. The van der Waals surface area contributed by atoms with Crippen molar-refractivity contribution in [1.82, 2.24) is 0 Å². The highest BCUT2D eigenvalue weighted by Gasteiger charge is 2.07. The van der Waals surface area contributed by atoms with Crippen LogP contribution in [0.4, 0.5) is 0 Å². The van der Waals surface area contributed by atoms with Crippen LogP contribution in [0, 0.1) is 0 Å². The molecule has 0 spiro atoms. The van der Waals surface area contributed by atoms with Crippen LogP contribution < -0.4 is 0 Å². The van der Waals surface area contributed by atoms with Gasteiger partial charge in [-0.05, 0) is 6.92 Å². The highest BCUT2D eigenvalue weighted by atomic mass is 28.3. The first kappa shape index (κ1) is 11.6. The van der Waals surface area contributed by atoms with E-state index in [2.05, 4.69) is 6.58 Å². The number of carbonyl (C=O) groups is 1. The number of carbonyl (C=O) groups excluding carboxylic acids is 1. The molecule has 1 unspecified atom stereocenters. The molecule has 0 saturated carbocycles. The van der Waals surface area contributed by atoms with E-state index in [4.69, 9.17) is 13.6 Å². The first-order valence-electron chi connectivity index (χ1n) is 3.61. The van der Waals surface area contributed by atoms with Crippen LogP contribution >= 0.6 is 0 Å². The molecule has 4 nitrogen and oxygen atoms in total. The first-order chi connectivity index (χ1) is 5.57. The maximum atomic E-state index is 10.8. The molecule has 0 heterocycles. The second-order valence-corrected chi connectivity index (χ2v) is 5.77. The van der Waals surface area contributed by atoms with Gasteiger partial charge in [-0.25, -0.2) is 4.79 Å². The Morgan fingerprint density at radius 3 is 2.75 bits per heavy atom. The summed E-state index contributed by atoms with van der Waals surface area (Å²) in [6.45, 7) is 5.23. The van der Waals surface area contributed by atoms with Crippen molar-refractivity contribution in [3.8, 4) is 0 Å². The quantitative estimate of drug-likeness (QED) is 0.342. The van der Waals surface area contributed by atoms with Gasteiger partial charge in [-0.3, -0.25) is 0 Å². The maximum absolute atomic E-state index is 10.8. The van der Waals surface area contributed by atoms with E-state index in [1.807, 2.05) is 0 Å². The van der Waals surface area contributed by atoms with Crippen LogP contribution in [0.2, 0.25) is 6.04 Å². The summed E-state index contributed by atoms with van der Waals surface area (Å²) in [5.74, 6) is -0.412. The summed E-state index contributed by atoms with van der Waals surface area (Å²) in [4.78, 5) is 19.8. The van der Waals surface area contributed by atoms with Gasteiger partial charge < -0.3 is 13.6 Å². The summed E-state index contributed by atoms with van der Waals surface area (Å²) in [6.07, 6.45) is 0. The number of hydrogen-bond donors (Lipinski definition) is 1. The van der Waals surface area contributed by atoms with Gasteiger partial charge in [-0.1, -0.05) is 6.58 Å². The zero-order valence-corrected chi connectivity index (χ0v) is 10.5. The molecule has 0 amide bonds. The monoisotopic (exact) mass is 206 g/mol. The lowest BCUT2D eigenvalue weighted by Crippen LogP contribution is -2.19. The Hall–Kier alpha value is -0.436. The molecule has 1 N–H and O–H groups in total. The van der Waals surface area contributed by atoms with Crippen molar-refractivity contribution in [3.63, 3.8) is 0 Å². The lowest BCUT2D eigenvalue weighted by atomic mass is 10.4. The van der Waals surface area contributed by atoms with Crippen molar-refractivity contribution < 1.29 is 18.4 Å². The van der Waals surface area contributed by atoms with Gasteiger partial charge in [0.1, 0.15) is 10.5 Å². The Kier molecular flexibility index (Phi) is 5.90. The highest BCUT2D eigenvalue weighted by Crippen LogP contribution is 1.95. The molecule has 0 aromatic carbocycles. The lowest BCUT2D eigenvalue weighted by Gasteiger charge is -2.06. The molecule has 0 aliphatic heterocycles. The van der Waals surface area contributed by atoms with Crippen LogP contribution in [0.15, 0.2) is 12.2 Å². The molecule has 0 bridgehead atoms. The molecule has 0 fully saturated rings. The Balaban J connectivity index is 3.44. The standard InChI is InChI=1S/C6H14O4Si2/c1-5(2)6(7)9-3-4-12(8)10-11/h8,12H,1,3-4H2,2,11H3. The largest absolute Gasteiger partial charge is 0.462 e. The number of ether oxygens (including phenoxy) is 1. The van der Waals surface area contributed by atoms with Gasteiger partial charge in [-0.2, -0.15) is 0 Å². The topological polar surface area (TPSA) is 55.8 Å². The van der Waals surface area contributed by atoms with Crippen LogP contribution in [0.3, 0.4) is 0 Å². The summed E-state index contributed by atoms with van der Waals surface area (Å²) in [6, 6.07) is 0.447. The summed E-state index contributed by atoms with van der Waals surface area (Å²) >= 11 is 0. The van der Waals surface area contributed by atoms with E-state index >= 15 is 0 Å². The van der Waals surface area contributed by atoms with Crippen molar-refractivity contribution in [1.29, 1.82) is 0 Å². The Bertz CT molecular complexity index is 171. The van der Waals surface area contributed by atoms with Crippen LogP contribution in [-0.4, -0.2) is 37.1 Å².